The van der Waals surface area contributed by atoms with Crippen molar-refractivity contribution in [2.75, 3.05) is 30.8 Å². The minimum atomic E-state index is -0.576. The van der Waals surface area contributed by atoms with Crippen LogP contribution in [0.2, 0.25) is 0 Å². The number of nitrogens with zero attached hydrogens (tertiary/aromatic N) is 1. The molecule has 0 aliphatic rings. The number of thiophene rings is 1. The van der Waals surface area contributed by atoms with Gasteiger partial charge in [-0.1, -0.05) is 25.1 Å². The number of para-hydroxylation sites is 1. The van der Waals surface area contributed by atoms with E-state index in [0.717, 1.165) is 17.7 Å². The highest BCUT2D eigenvalue weighted by atomic mass is 32.1. The Kier molecular flexibility index (Phi) is 7.51. The summed E-state index contributed by atoms with van der Waals surface area (Å²) in [6, 6.07) is 9.26. The van der Waals surface area contributed by atoms with Crippen LogP contribution in [0.1, 0.15) is 29.3 Å². The van der Waals surface area contributed by atoms with E-state index in [1.54, 1.807) is 23.4 Å². The lowest BCUT2D eigenvalue weighted by Crippen LogP contribution is -2.32. The van der Waals surface area contributed by atoms with Crippen LogP contribution in [-0.2, 0) is 16.0 Å². The largest absolute Gasteiger partial charge is 0.366 e. The Balaban J connectivity index is 1.79. The van der Waals surface area contributed by atoms with Gasteiger partial charge in [-0.15, -0.1) is 11.3 Å². The molecular formula is C19H24N4O3S. The van der Waals surface area contributed by atoms with Gasteiger partial charge in [0.25, 0.3) is 5.91 Å². The number of rotatable bonds is 9. The second-order valence-corrected chi connectivity index (χ2v) is 7.04. The number of carbonyl (C=O) groups excluding carboxylic acids is 3. The van der Waals surface area contributed by atoms with Gasteiger partial charge < -0.3 is 16.4 Å². The highest BCUT2D eigenvalue weighted by Crippen LogP contribution is 2.22. The molecular weight excluding hydrogens is 364 g/mol. The summed E-state index contributed by atoms with van der Waals surface area (Å²) in [5, 5.41) is 7.74. The molecule has 0 saturated carbocycles. The number of benzene rings is 1. The van der Waals surface area contributed by atoms with E-state index in [1.807, 2.05) is 31.2 Å². The van der Waals surface area contributed by atoms with Crippen molar-refractivity contribution in [2.45, 2.75) is 19.8 Å². The quantitative estimate of drug-likeness (QED) is 0.613. The Hall–Kier alpha value is -2.71. The van der Waals surface area contributed by atoms with E-state index in [-0.39, 0.29) is 24.8 Å². The van der Waals surface area contributed by atoms with Crippen molar-refractivity contribution in [3.63, 3.8) is 0 Å². The zero-order chi connectivity index (χ0) is 19.8. The van der Waals surface area contributed by atoms with Gasteiger partial charge in [-0.3, -0.25) is 19.3 Å². The normalized spacial score (nSPS) is 10.6. The lowest BCUT2D eigenvalue weighted by Gasteiger charge is -2.17. The average molecular weight is 388 g/mol. The lowest BCUT2D eigenvalue weighted by molar-refractivity contribution is -0.119. The number of hydrogen-bond donors (Lipinski definition) is 3. The van der Waals surface area contributed by atoms with Crippen molar-refractivity contribution in [3.05, 3.63) is 46.8 Å². The molecule has 0 fully saturated rings. The van der Waals surface area contributed by atoms with Crippen molar-refractivity contribution in [3.8, 4) is 0 Å². The summed E-state index contributed by atoms with van der Waals surface area (Å²) in [5.74, 6) is -0.940. The summed E-state index contributed by atoms with van der Waals surface area (Å²) >= 11 is 1.25. The number of carbonyl (C=O) groups is 3. The van der Waals surface area contributed by atoms with E-state index >= 15 is 0 Å². The highest BCUT2D eigenvalue weighted by Gasteiger charge is 2.14. The number of nitrogens with one attached hydrogen (secondary N) is 2. The standard InChI is InChI=1S/C19H24N4O3S/c1-3-13-6-4-5-7-15(13)21-17(25)12-23(2)10-8-16(24)22-19-14(18(20)26)9-11-27-19/h4-7,9,11H,3,8,10,12H2,1-2H3,(H2,20,26)(H,21,25)(H,22,24). The van der Waals surface area contributed by atoms with Crippen LogP contribution in [0.25, 0.3) is 0 Å². The third-order valence-corrected chi connectivity index (χ3v) is 4.82. The Bertz CT molecular complexity index is 819. The van der Waals surface area contributed by atoms with Gasteiger partial charge in [0, 0.05) is 18.7 Å². The topological polar surface area (TPSA) is 105 Å². The molecule has 7 nitrogen and oxygen atoms in total. The molecule has 2 rings (SSSR count). The first kappa shape index (κ1) is 20.6. The van der Waals surface area contributed by atoms with Gasteiger partial charge in [-0.25, -0.2) is 0 Å². The van der Waals surface area contributed by atoms with Crippen molar-refractivity contribution < 1.29 is 14.4 Å². The summed E-state index contributed by atoms with van der Waals surface area (Å²) in [6.45, 7) is 2.62. The van der Waals surface area contributed by atoms with Crippen LogP contribution >= 0.6 is 11.3 Å². The summed E-state index contributed by atoms with van der Waals surface area (Å²) in [7, 11) is 1.78. The first-order chi connectivity index (χ1) is 12.9. The fourth-order valence-electron chi connectivity index (χ4n) is 2.55. The number of nitrogens with two attached hydrogens (primary N) is 1. The summed E-state index contributed by atoms with van der Waals surface area (Å²) in [4.78, 5) is 37.3. The molecule has 0 atom stereocenters. The highest BCUT2D eigenvalue weighted by molar-refractivity contribution is 7.14. The molecule has 1 heterocycles. The lowest BCUT2D eigenvalue weighted by atomic mass is 10.1. The second kappa shape index (κ2) is 9.84. The van der Waals surface area contributed by atoms with Gasteiger partial charge in [0.05, 0.1) is 12.1 Å². The fourth-order valence-corrected chi connectivity index (χ4v) is 3.35. The molecule has 1 aromatic carbocycles. The zero-order valence-electron chi connectivity index (χ0n) is 15.5. The third-order valence-electron chi connectivity index (χ3n) is 3.99. The molecule has 0 aliphatic heterocycles. The summed E-state index contributed by atoms with van der Waals surface area (Å²) in [5.41, 5.74) is 7.45. The van der Waals surface area contributed by atoms with E-state index < -0.39 is 5.91 Å². The average Bonchev–Trinajstić information content (AvgIpc) is 3.08. The van der Waals surface area contributed by atoms with Crippen LogP contribution in [0.4, 0.5) is 10.7 Å². The Labute approximate surface area is 162 Å². The molecule has 0 aliphatic carbocycles. The number of aryl methyl sites for hydroxylation is 1. The SMILES string of the molecule is CCc1ccccc1NC(=O)CN(C)CCC(=O)Nc1sccc1C(N)=O. The maximum Gasteiger partial charge on any atom is 0.251 e. The minimum Gasteiger partial charge on any atom is -0.366 e. The molecule has 8 heteroatoms. The van der Waals surface area contributed by atoms with Gasteiger partial charge in [0.15, 0.2) is 0 Å². The Morgan fingerprint density at radius 2 is 1.85 bits per heavy atom. The smallest absolute Gasteiger partial charge is 0.251 e. The molecule has 0 radical (unpaired) electrons. The van der Waals surface area contributed by atoms with Gasteiger partial charge >= 0.3 is 0 Å². The number of primary amides is 1. The molecule has 3 amide bonds. The minimum absolute atomic E-state index is 0.131. The van der Waals surface area contributed by atoms with Gasteiger partial charge in [0.1, 0.15) is 5.00 Å². The predicted molar refractivity (Wildman–Crippen MR) is 108 cm³/mol. The number of amides is 3. The number of anilines is 2. The van der Waals surface area contributed by atoms with Crippen LogP contribution in [0, 0.1) is 0 Å². The van der Waals surface area contributed by atoms with Gasteiger partial charge in [-0.2, -0.15) is 0 Å². The maximum absolute atomic E-state index is 12.2. The first-order valence-electron chi connectivity index (χ1n) is 8.64. The van der Waals surface area contributed by atoms with Crippen LogP contribution in [0.15, 0.2) is 35.7 Å². The van der Waals surface area contributed by atoms with E-state index in [1.165, 1.54) is 11.3 Å². The summed E-state index contributed by atoms with van der Waals surface area (Å²) in [6.07, 6.45) is 1.04. The van der Waals surface area contributed by atoms with Crippen LogP contribution in [0.3, 0.4) is 0 Å². The predicted octanol–water partition coefficient (Wildman–Crippen LogP) is 2.31. The van der Waals surface area contributed by atoms with Gasteiger partial charge in [-0.05, 0) is 36.5 Å². The number of likely N-dealkylation sites (N-methyl/N-ethyl adjacent to an activating group) is 1. The molecule has 4 N–H and O–H groups in total. The van der Waals surface area contributed by atoms with E-state index in [4.69, 9.17) is 5.73 Å². The van der Waals surface area contributed by atoms with E-state index in [9.17, 15) is 14.4 Å². The van der Waals surface area contributed by atoms with Crippen molar-refractivity contribution >= 4 is 39.7 Å². The third kappa shape index (κ3) is 6.19. The molecule has 27 heavy (non-hydrogen) atoms. The van der Waals surface area contributed by atoms with Crippen LogP contribution in [-0.4, -0.2) is 42.8 Å². The molecule has 0 unspecified atom stereocenters. The van der Waals surface area contributed by atoms with Crippen molar-refractivity contribution in [1.82, 2.24) is 4.90 Å². The molecule has 0 spiro atoms. The fraction of sp³-hybridized carbons (Fsp3) is 0.316. The van der Waals surface area contributed by atoms with E-state index in [0.29, 0.717) is 17.1 Å². The molecule has 144 valence electrons. The van der Waals surface area contributed by atoms with Crippen LogP contribution < -0.4 is 16.4 Å². The van der Waals surface area contributed by atoms with Crippen molar-refractivity contribution in [2.24, 2.45) is 5.73 Å². The monoisotopic (exact) mass is 388 g/mol. The summed E-state index contributed by atoms with van der Waals surface area (Å²) < 4.78 is 0. The Morgan fingerprint density at radius 1 is 1.11 bits per heavy atom. The van der Waals surface area contributed by atoms with Gasteiger partial charge in [0.2, 0.25) is 11.8 Å². The van der Waals surface area contributed by atoms with Crippen molar-refractivity contribution in [1.29, 1.82) is 0 Å². The molecule has 0 bridgehead atoms. The zero-order valence-corrected chi connectivity index (χ0v) is 16.3. The Morgan fingerprint density at radius 3 is 2.56 bits per heavy atom. The maximum atomic E-state index is 12.2. The number of hydrogen-bond acceptors (Lipinski definition) is 5. The molecule has 0 saturated heterocycles. The van der Waals surface area contributed by atoms with Crippen LogP contribution in [0.5, 0.6) is 0 Å². The molecule has 2 aromatic rings. The first-order valence-corrected chi connectivity index (χ1v) is 9.52. The molecule has 1 aromatic heterocycles. The second-order valence-electron chi connectivity index (χ2n) is 6.12. The van der Waals surface area contributed by atoms with E-state index in [2.05, 4.69) is 10.6 Å².